The van der Waals surface area contributed by atoms with Gasteiger partial charge in [0.15, 0.2) is 0 Å². The van der Waals surface area contributed by atoms with E-state index in [-0.39, 0.29) is 21.9 Å². The molecule has 2 aromatic carbocycles. The molecule has 0 radical (unpaired) electrons. The number of nitrogens with zero attached hydrogens (tertiary/aromatic N) is 2. The smallest absolute Gasteiger partial charge is 0.244 e. The fourth-order valence-corrected chi connectivity index (χ4v) is 5.58. The molecule has 2 aromatic rings. The van der Waals surface area contributed by atoms with Crippen molar-refractivity contribution < 1.29 is 13.2 Å². The predicted molar refractivity (Wildman–Crippen MR) is 112 cm³/mol. The minimum atomic E-state index is -3.66. The molecule has 29 heavy (non-hydrogen) atoms. The zero-order chi connectivity index (χ0) is 20.4. The van der Waals surface area contributed by atoms with Crippen molar-refractivity contribution in [1.29, 1.82) is 0 Å². The molecule has 1 atom stereocenters. The van der Waals surface area contributed by atoms with Gasteiger partial charge in [0.2, 0.25) is 15.9 Å². The predicted octanol–water partition coefficient (Wildman–Crippen LogP) is 2.67. The van der Waals surface area contributed by atoms with Crippen LogP contribution < -0.4 is 5.32 Å². The van der Waals surface area contributed by atoms with Crippen molar-refractivity contribution in [2.75, 3.05) is 26.2 Å². The number of carbonyl (C=O) groups is 1. The topological polar surface area (TPSA) is 69.7 Å². The summed E-state index contributed by atoms with van der Waals surface area (Å²) >= 11 is 6.11. The van der Waals surface area contributed by atoms with E-state index in [0.29, 0.717) is 26.2 Å². The molecule has 1 aliphatic carbocycles. The van der Waals surface area contributed by atoms with Crippen molar-refractivity contribution in [2.24, 2.45) is 0 Å². The molecule has 1 N–H and O–H groups in total. The minimum absolute atomic E-state index is 0.0129. The molecule has 0 aromatic heterocycles. The summed E-state index contributed by atoms with van der Waals surface area (Å²) in [6.07, 6.45) is 2.05. The van der Waals surface area contributed by atoms with Crippen LogP contribution in [0.1, 0.15) is 24.4 Å². The van der Waals surface area contributed by atoms with Crippen LogP contribution in [0.25, 0.3) is 0 Å². The van der Waals surface area contributed by atoms with E-state index in [4.69, 9.17) is 11.6 Å². The van der Waals surface area contributed by atoms with E-state index in [2.05, 4.69) is 10.2 Å². The second-order valence-electron chi connectivity index (χ2n) is 7.47. The number of carbonyl (C=O) groups excluding carboxylic acids is 1. The van der Waals surface area contributed by atoms with Gasteiger partial charge in [-0.15, -0.1) is 0 Å². The number of nitrogens with one attached hydrogen (secondary N) is 1. The Morgan fingerprint density at radius 3 is 2.21 bits per heavy atom. The van der Waals surface area contributed by atoms with Gasteiger partial charge in [-0.05, 0) is 30.5 Å². The molecular formula is C21H24ClN3O3S. The maximum atomic E-state index is 13.0. The van der Waals surface area contributed by atoms with Gasteiger partial charge in [0.1, 0.15) is 10.9 Å². The molecule has 1 amide bonds. The van der Waals surface area contributed by atoms with Gasteiger partial charge in [-0.25, -0.2) is 8.42 Å². The highest BCUT2D eigenvalue weighted by atomic mass is 35.5. The molecule has 154 valence electrons. The first-order valence-electron chi connectivity index (χ1n) is 9.81. The molecule has 0 bridgehead atoms. The fraction of sp³-hybridized carbons (Fsp3) is 0.381. The third-order valence-electron chi connectivity index (χ3n) is 5.38. The van der Waals surface area contributed by atoms with Crippen molar-refractivity contribution in [3.05, 3.63) is 65.2 Å². The molecule has 0 spiro atoms. The lowest BCUT2D eigenvalue weighted by molar-refractivity contribution is -0.127. The Kier molecular flexibility index (Phi) is 5.92. The average Bonchev–Trinajstić information content (AvgIpc) is 3.53. The summed E-state index contributed by atoms with van der Waals surface area (Å²) in [6.45, 7) is 1.57. The molecule has 8 heteroatoms. The van der Waals surface area contributed by atoms with Crippen LogP contribution in [0.3, 0.4) is 0 Å². The van der Waals surface area contributed by atoms with Crippen LogP contribution in [0.15, 0.2) is 59.5 Å². The van der Waals surface area contributed by atoms with E-state index in [1.807, 2.05) is 30.3 Å². The van der Waals surface area contributed by atoms with Gasteiger partial charge in [-0.3, -0.25) is 9.69 Å². The second-order valence-corrected chi connectivity index (χ2v) is 9.78. The van der Waals surface area contributed by atoms with Crippen LogP contribution in [-0.4, -0.2) is 55.8 Å². The molecule has 6 nitrogen and oxygen atoms in total. The normalized spacial score (nSPS) is 19.6. The fourth-order valence-electron chi connectivity index (χ4n) is 3.67. The Labute approximate surface area is 176 Å². The number of sulfonamides is 1. The zero-order valence-electron chi connectivity index (χ0n) is 16.0. The molecule has 4 rings (SSSR count). The molecule has 1 saturated heterocycles. The number of hydrogen-bond donors (Lipinski definition) is 1. The Balaban J connectivity index is 1.50. The van der Waals surface area contributed by atoms with E-state index in [1.165, 1.54) is 10.4 Å². The third-order valence-corrected chi connectivity index (χ3v) is 7.78. The Hall–Kier alpha value is -1.93. The lowest BCUT2D eigenvalue weighted by Gasteiger charge is -2.38. The maximum absolute atomic E-state index is 13.0. The first kappa shape index (κ1) is 20.3. The number of benzene rings is 2. The molecule has 2 fully saturated rings. The molecule has 0 unspecified atom stereocenters. The number of rotatable bonds is 6. The third kappa shape index (κ3) is 4.48. The summed E-state index contributed by atoms with van der Waals surface area (Å²) in [5.74, 6) is -0.0129. The van der Waals surface area contributed by atoms with Gasteiger partial charge in [0.25, 0.3) is 0 Å². The monoisotopic (exact) mass is 433 g/mol. The number of amides is 1. The highest BCUT2D eigenvalue weighted by molar-refractivity contribution is 7.89. The lowest BCUT2D eigenvalue weighted by Crippen LogP contribution is -2.52. The summed E-state index contributed by atoms with van der Waals surface area (Å²) in [5.41, 5.74) is 0.924. The lowest BCUT2D eigenvalue weighted by atomic mass is 10.0. The van der Waals surface area contributed by atoms with E-state index in [9.17, 15) is 13.2 Å². The zero-order valence-corrected chi connectivity index (χ0v) is 17.6. The average molecular weight is 434 g/mol. The molecular weight excluding hydrogens is 410 g/mol. The van der Waals surface area contributed by atoms with Crippen LogP contribution >= 0.6 is 11.6 Å². The summed E-state index contributed by atoms with van der Waals surface area (Å²) < 4.78 is 27.4. The van der Waals surface area contributed by atoms with Crippen LogP contribution in [0.2, 0.25) is 5.02 Å². The highest BCUT2D eigenvalue weighted by Crippen LogP contribution is 2.29. The molecule has 1 heterocycles. The summed E-state index contributed by atoms with van der Waals surface area (Å²) in [5, 5.41) is 3.32. The van der Waals surface area contributed by atoms with E-state index in [0.717, 1.165) is 18.4 Å². The quantitative estimate of drug-likeness (QED) is 0.760. The van der Waals surface area contributed by atoms with Crippen LogP contribution in [0.5, 0.6) is 0 Å². The first-order chi connectivity index (χ1) is 14.0. The first-order valence-corrected chi connectivity index (χ1v) is 11.6. The standard InChI is InChI=1S/C21H24ClN3O3S/c22-18-8-4-5-9-19(18)29(27,28)25-14-12-24(13-15-25)20(16-6-2-1-3-7-16)21(26)23-17-10-11-17/h1-9,17,20H,10-15H2,(H,23,26)/t20-/m0/s1. The van der Waals surface area contributed by atoms with Gasteiger partial charge < -0.3 is 5.32 Å². The van der Waals surface area contributed by atoms with E-state index >= 15 is 0 Å². The molecule has 1 saturated carbocycles. The number of piperazine rings is 1. The Morgan fingerprint density at radius 2 is 1.59 bits per heavy atom. The number of hydrogen-bond acceptors (Lipinski definition) is 4. The maximum Gasteiger partial charge on any atom is 0.244 e. The summed E-state index contributed by atoms with van der Waals surface area (Å²) in [4.78, 5) is 15.1. The van der Waals surface area contributed by atoms with Crippen molar-refractivity contribution in [3.63, 3.8) is 0 Å². The van der Waals surface area contributed by atoms with Gasteiger partial charge in [0.05, 0.1) is 5.02 Å². The van der Waals surface area contributed by atoms with Gasteiger partial charge >= 0.3 is 0 Å². The molecule has 2 aliphatic rings. The van der Waals surface area contributed by atoms with E-state index in [1.54, 1.807) is 18.2 Å². The van der Waals surface area contributed by atoms with Crippen LogP contribution in [0, 0.1) is 0 Å². The van der Waals surface area contributed by atoms with Crippen molar-refractivity contribution >= 4 is 27.5 Å². The second kappa shape index (κ2) is 8.44. The Morgan fingerprint density at radius 1 is 0.966 bits per heavy atom. The Bertz CT molecular complexity index is 972. The van der Waals surface area contributed by atoms with Gasteiger partial charge in [0, 0.05) is 32.2 Å². The number of halogens is 1. The largest absolute Gasteiger partial charge is 0.352 e. The summed E-state index contributed by atoms with van der Waals surface area (Å²) in [6, 6.07) is 16.0. The highest BCUT2D eigenvalue weighted by Gasteiger charge is 2.36. The van der Waals surface area contributed by atoms with Gasteiger partial charge in [-0.1, -0.05) is 54.1 Å². The van der Waals surface area contributed by atoms with Crippen LogP contribution in [-0.2, 0) is 14.8 Å². The summed E-state index contributed by atoms with van der Waals surface area (Å²) in [7, 11) is -3.66. The minimum Gasteiger partial charge on any atom is -0.352 e. The van der Waals surface area contributed by atoms with E-state index < -0.39 is 16.1 Å². The van der Waals surface area contributed by atoms with Crippen molar-refractivity contribution in [2.45, 2.75) is 29.8 Å². The van der Waals surface area contributed by atoms with Crippen molar-refractivity contribution in [3.8, 4) is 0 Å². The van der Waals surface area contributed by atoms with Crippen molar-refractivity contribution in [1.82, 2.24) is 14.5 Å². The van der Waals surface area contributed by atoms with Gasteiger partial charge in [-0.2, -0.15) is 4.31 Å². The molecule has 1 aliphatic heterocycles. The van der Waals surface area contributed by atoms with Crippen LogP contribution in [0.4, 0.5) is 0 Å². The SMILES string of the molecule is O=C(NC1CC1)[C@H](c1ccccc1)N1CCN(S(=O)(=O)c2ccccc2Cl)CC1.